The monoisotopic (exact) mass is 330 g/mol. The quantitative estimate of drug-likeness (QED) is 0.618. The molecule has 3 atom stereocenters. The van der Waals surface area contributed by atoms with Crippen molar-refractivity contribution in [1.29, 1.82) is 0 Å². The molecule has 3 unspecified atom stereocenters. The van der Waals surface area contributed by atoms with E-state index in [4.69, 9.17) is 15.0 Å². The molecule has 6 nitrogen and oxygen atoms in total. The lowest BCUT2D eigenvalue weighted by molar-refractivity contribution is 0.0429. The summed E-state index contributed by atoms with van der Waals surface area (Å²) in [6.07, 6.45) is 4.23. The molecule has 1 aromatic heterocycles. The summed E-state index contributed by atoms with van der Waals surface area (Å²) in [7, 11) is 1.40. The lowest BCUT2D eigenvalue weighted by atomic mass is 10.1. The highest BCUT2D eigenvalue weighted by Crippen LogP contribution is 2.52. The van der Waals surface area contributed by atoms with Crippen molar-refractivity contribution in [3.05, 3.63) is 29.6 Å². The van der Waals surface area contributed by atoms with E-state index in [2.05, 4.69) is 17.2 Å². The van der Waals surface area contributed by atoms with Crippen molar-refractivity contribution < 1.29 is 18.6 Å². The molecule has 0 spiro atoms. The summed E-state index contributed by atoms with van der Waals surface area (Å²) in [6.45, 7) is -2.80. The normalized spacial score (nSPS) is 24.7. The van der Waals surface area contributed by atoms with E-state index >= 15 is 0 Å². The highest BCUT2D eigenvalue weighted by Gasteiger charge is 2.29. The molecule has 1 fully saturated rings. The van der Waals surface area contributed by atoms with E-state index in [0.29, 0.717) is 12.6 Å². The van der Waals surface area contributed by atoms with Crippen LogP contribution in [0.5, 0.6) is 0 Å². The number of nitrogens with zero attached hydrogens (tertiary/aromatic N) is 1. The lowest BCUT2D eigenvalue weighted by Gasteiger charge is -2.16. The number of pyridine rings is 1. The third-order valence-corrected chi connectivity index (χ3v) is 6.02. The number of hydrogen-bond acceptors (Lipinski definition) is 5. The fourth-order valence-electron chi connectivity index (χ4n) is 2.34. The molecule has 116 valence electrons. The molecule has 0 radical (unpaired) electrons. The van der Waals surface area contributed by atoms with Crippen LogP contribution in [-0.4, -0.2) is 30.3 Å². The molecule has 0 aliphatic carbocycles. The predicted molar refractivity (Wildman–Crippen MR) is 82.7 cm³/mol. The summed E-state index contributed by atoms with van der Waals surface area (Å²) in [4.78, 5) is 15.1. The van der Waals surface area contributed by atoms with Gasteiger partial charge in [0.1, 0.15) is 5.69 Å². The van der Waals surface area contributed by atoms with Gasteiger partial charge in [-0.2, -0.15) is 0 Å². The number of rotatable bonds is 6. The Bertz CT molecular complexity index is 569. The van der Waals surface area contributed by atoms with Gasteiger partial charge in [0.2, 0.25) is 0 Å². The second kappa shape index (κ2) is 6.92. The second-order valence-corrected chi connectivity index (χ2v) is 8.91. The Morgan fingerprint density at radius 1 is 1.62 bits per heavy atom. The van der Waals surface area contributed by atoms with Crippen LogP contribution in [0, 0.1) is 0 Å². The predicted octanol–water partition coefficient (Wildman–Crippen LogP) is 2.56. The molecule has 2 heterocycles. The van der Waals surface area contributed by atoms with Crippen molar-refractivity contribution in [2.45, 2.75) is 31.5 Å². The minimum atomic E-state index is -2.80. The number of primary amides is 1. The van der Waals surface area contributed by atoms with Gasteiger partial charge < -0.3 is 15.0 Å². The molecular formula is C13H19N2O4PS. The molecular weight excluding hydrogens is 311 g/mol. The summed E-state index contributed by atoms with van der Waals surface area (Å²) in [5, 5.41) is 0. The number of hydrogen-bond donors (Lipinski definition) is 2. The van der Waals surface area contributed by atoms with Gasteiger partial charge in [0, 0.05) is 19.5 Å². The molecule has 1 amide bonds. The summed E-state index contributed by atoms with van der Waals surface area (Å²) in [5.41, 5.74) is 6.35. The largest absolute Gasteiger partial charge is 0.370 e. The van der Waals surface area contributed by atoms with Gasteiger partial charge in [0.15, 0.2) is 0 Å². The van der Waals surface area contributed by atoms with Crippen molar-refractivity contribution in [2.24, 2.45) is 5.73 Å². The number of amides is 1. The van der Waals surface area contributed by atoms with Crippen LogP contribution in [0.3, 0.4) is 0 Å². The van der Waals surface area contributed by atoms with Gasteiger partial charge >= 0.3 is 0 Å². The molecule has 21 heavy (non-hydrogen) atoms. The summed E-state index contributed by atoms with van der Waals surface area (Å²) >= 11 is 4.01. The first-order valence-electron chi connectivity index (χ1n) is 6.70. The van der Waals surface area contributed by atoms with Gasteiger partial charge in [0.05, 0.1) is 12.2 Å². The van der Waals surface area contributed by atoms with Gasteiger partial charge in [-0.3, -0.25) is 14.3 Å². The van der Waals surface area contributed by atoms with Crippen LogP contribution in [-0.2, 0) is 13.8 Å². The van der Waals surface area contributed by atoms with E-state index < -0.39 is 12.5 Å². The zero-order valence-electron chi connectivity index (χ0n) is 11.8. The summed E-state index contributed by atoms with van der Waals surface area (Å²) in [6, 6.07) is 3.48. The summed E-state index contributed by atoms with van der Waals surface area (Å²) in [5.74, 6) is -0.553. The average Bonchev–Trinajstić information content (AvgIpc) is 2.94. The maximum Gasteiger partial charge on any atom is 0.267 e. The van der Waals surface area contributed by atoms with Gasteiger partial charge in [0.25, 0.3) is 12.5 Å². The highest BCUT2D eigenvalue weighted by molar-refractivity contribution is 8.46. The molecule has 2 N–H and O–H groups in total. The van der Waals surface area contributed by atoms with Crippen LogP contribution >= 0.6 is 18.8 Å². The standard InChI is InChI=1S/C13H19N2O4PS/c1-18-20(17,21)7-5-10-2-3-12(19-10)9-4-6-15-11(8-9)13(14)16/h4,6,8,10,12H,2-3,5,7H2,1H3,(H2,14,16)(H,17,21). The Balaban J connectivity index is 1.95. The van der Waals surface area contributed by atoms with Crippen LogP contribution in [0.15, 0.2) is 18.3 Å². The first-order chi connectivity index (χ1) is 9.91. The van der Waals surface area contributed by atoms with Gasteiger partial charge in [-0.05, 0) is 37.0 Å². The lowest BCUT2D eigenvalue weighted by Crippen LogP contribution is -2.14. The van der Waals surface area contributed by atoms with E-state index in [-0.39, 0.29) is 17.9 Å². The zero-order valence-corrected chi connectivity index (χ0v) is 13.6. The summed E-state index contributed by atoms with van der Waals surface area (Å²) < 4.78 is 22.5. The smallest absolute Gasteiger partial charge is 0.267 e. The topological polar surface area (TPSA) is 91.5 Å². The van der Waals surface area contributed by atoms with E-state index in [1.165, 1.54) is 7.11 Å². The van der Waals surface area contributed by atoms with Crippen molar-refractivity contribution >= 4 is 24.7 Å². The molecule has 0 aromatic carbocycles. The van der Waals surface area contributed by atoms with Crippen molar-refractivity contribution in [1.82, 2.24) is 4.98 Å². The fourth-order valence-corrected chi connectivity index (χ4v) is 3.49. The minimum Gasteiger partial charge on any atom is -0.370 e. The highest BCUT2D eigenvalue weighted by atomic mass is 32.7. The molecule has 0 saturated carbocycles. The molecule has 1 saturated heterocycles. The number of aromatic nitrogens is 1. The van der Waals surface area contributed by atoms with Crippen LogP contribution in [0.1, 0.15) is 41.4 Å². The minimum absolute atomic E-state index is 0.0239. The molecule has 1 aromatic rings. The van der Waals surface area contributed by atoms with Crippen molar-refractivity contribution in [2.75, 3.05) is 13.3 Å². The number of thiol groups is 1. The Morgan fingerprint density at radius 3 is 3.05 bits per heavy atom. The van der Waals surface area contributed by atoms with Gasteiger partial charge in [-0.1, -0.05) is 12.2 Å². The van der Waals surface area contributed by atoms with E-state index in [0.717, 1.165) is 18.4 Å². The molecule has 8 heteroatoms. The Hall–Kier alpha value is -0.880. The molecule has 2 rings (SSSR count). The maximum atomic E-state index is 11.7. The number of ether oxygens (including phenoxy) is 1. The maximum absolute atomic E-state index is 11.7. The SMILES string of the molecule is COP(=O)(S)CCC1CCC(c2ccnc(C(N)=O)c2)O1. The zero-order chi connectivity index (χ0) is 15.5. The first kappa shape index (κ1) is 16.5. The number of carbonyl (C=O) groups excluding carboxylic acids is 1. The van der Waals surface area contributed by atoms with Crippen LogP contribution in [0.2, 0.25) is 0 Å². The first-order valence-corrected chi connectivity index (χ1v) is 9.66. The van der Waals surface area contributed by atoms with Gasteiger partial charge in [-0.25, -0.2) is 0 Å². The molecule has 1 aliphatic rings. The third kappa shape index (κ3) is 4.54. The Morgan fingerprint density at radius 2 is 2.38 bits per heavy atom. The van der Waals surface area contributed by atoms with E-state index in [9.17, 15) is 9.36 Å². The number of nitrogens with two attached hydrogens (primary N) is 1. The molecule has 1 aliphatic heterocycles. The average molecular weight is 330 g/mol. The number of carbonyl (C=O) groups is 1. The fraction of sp³-hybridized carbons (Fsp3) is 0.538. The Kier molecular flexibility index (Phi) is 5.43. The van der Waals surface area contributed by atoms with Gasteiger partial charge in [-0.15, -0.1) is 0 Å². The Labute approximate surface area is 129 Å². The van der Waals surface area contributed by atoms with Crippen molar-refractivity contribution in [3.63, 3.8) is 0 Å². The molecule has 0 bridgehead atoms. The van der Waals surface area contributed by atoms with E-state index in [1.54, 1.807) is 12.3 Å². The van der Waals surface area contributed by atoms with Crippen LogP contribution in [0.25, 0.3) is 0 Å². The van der Waals surface area contributed by atoms with Crippen LogP contribution in [0.4, 0.5) is 0 Å². The third-order valence-electron chi connectivity index (χ3n) is 3.53. The second-order valence-electron chi connectivity index (χ2n) is 5.00. The van der Waals surface area contributed by atoms with E-state index in [1.807, 2.05) is 6.07 Å². The van der Waals surface area contributed by atoms with Crippen LogP contribution < -0.4 is 5.73 Å². The van der Waals surface area contributed by atoms with Crippen molar-refractivity contribution in [3.8, 4) is 0 Å².